The van der Waals surface area contributed by atoms with Crippen molar-refractivity contribution in [3.05, 3.63) is 58.0 Å². The Bertz CT molecular complexity index is 770. The first-order valence-corrected chi connectivity index (χ1v) is 6.66. The second-order valence-corrected chi connectivity index (χ2v) is 4.77. The van der Waals surface area contributed by atoms with Crippen molar-refractivity contribution in [3.63, 3.8) is 0 Å². The van der Waals surface area contributed by atoms with Crippen molar-refractivity contribution in [3.8, 4) is 18.1 Å². The van der Waals surface area contributed by atoms with E-state index in [1.807, 2.05) is 0 Å². The average molecular weight is 296 g/mol. The summed E-state index contributed by atoms with van der Waals surface area (Å²) < 4.78 is 5.28. The highest BCUT2D eigenvalue weighted by molar-refractivity contribution is 6.05. The number of nitrogens with one attached hydrogen (secondary N) is 1. The number of nitrogens with zero attached hydrogens (tertiary/aromatic N) is 1. The monoisotopic (exact) mass is 296 g/mol. The zero-order chi connectivity index (χ0) is 16.1. The molecule has 2 rings (SSSR count). The van der Waals surface area contributed by atoms with E-state index < -0.39 is 0 Å². The molecule has 22 heavy (non-hydrogen) atoms. The number of carbonyl (C=O) groups excluding carboxylic acids is 1. The Morgan fingerprint density at radius 1 is 1.32 bits per heavy atom. The summed E-state index contributed by atoms with van der Waals surface area (Å²) in [6.45, 7) is 1.93. The van der Waals surface area contributed by atoms with Gasteiger partial charge in [0.2, 0.25) is 5.56 Å². The summed E-state index contributed by atoms with van der Waals surface area (Å²) in [5.41, 5.74) is 1.38. The van der Waals surface area contributed by atoms with Crippen molar-refractivity contribution < 1.29 is 9.53 Å². The molecule has 0 saturated carbocycles. The van der Waals surface area contributed by atoms with Gasteiger partial charge in [0, 0.05) is 30.1 Å². The summed E-state index contributed by atoms with van der Waals surface area (Å²) in [4.78, 5) is 28.0. The Labute approximate surface area is 128 Å². The molecule has 5 heteroatoms. The molecular formula is C17H16N2O3. The lowest BCUT2D eigenvalue weighted by atomic mass is 10.2. The van der Waals surface area contributed by atoms with Gasteiger partial charge >= 0.3 is 0 Å². The fraction of sp³-hybridized carbons (Fsp3) is 0.176. The van der Waals surface area contributed by atoms with Crippen LogP contribution in [0.2, 0.25) is 0 Å². The second-order valence-electron chi connectivity index (χ2n) is 4.77. The average Bonchev–Trinajstić information content (AvgIpc) is 2.51. The second kappa shape index (κ2) is 6.64. The van der Waals surface area contributed by atoms with Gasteiger partial charge in [0.15, 0.2) is 0 Å². The summed E-state index contributed by atoms with van der Waals surface area (Å²) in [6.07, 6.45) is 5.13. The van der Waals surface area contributed by atoms with E-state index in [2.05, 4.69) is 10.9 Å². The minimum Gasteiger partial charge on any atom is -0.481 e. The van der Waals surface area contributed by atoms with Crippen LogP contribution in [0.3, 0.4) is 0 Å². The van der Waals surface area contributed by atoms with Crippen LogP contribution in [0.25, 0.3) is 0 Å². The number of amides is 1. The van der Waals surface area contributed by atoms with E-state index in [4.69, 9.17) is 11.2 Å². The maximum absolute atomic E-state index is 12.4. The molecule has 1 N–H and O–H groups in total. The van der Waals surface area contributed by atoms with Gasteiger partial charge in [-0.2, -0.15) is 0 Å². The minimum atomic E-state index is -0.296. The molecular weight excluding hydrogens is 280 g/mol. The molecule has 1 aromatic heterocycles. The Hall–Kier alpha value is -3.00. The minimum absolute atomic E-state index is 0.195. The lowest BCUT2D eigenvalue weighted by molar-refractivity contribution is 0.0992. The zero-order valence-corrected chi connectivity index (χ0v) is 12.4. The number of carbonyl (C=O) groups is 1. The molecule has 0 fully saturated rings. The molecule has 112 valence electrons. The SMILES string of the molecule is C#CCOc1ccc(N(C)C(=O)c2cc(C)[nH]c(=O)c2)cc1. The van der Waals surface area contributed by atoms with Gasteiger partial charge in [-0.1, -0.05) is 5.92 Å². The number of anilines is 1. The van der Waals surface area contributed by atoms with Gasteiger partial charge in [0.1, 0.15) is 12.4 Å². The third-order valence-corrected chi connectivity index (χ3v) is 3.08. The van der Waals surface area contributed by atoms with Crippen LogP contribution in [0.1, 0.15) is 16.1 Å². The maximum Gasteiger partial charge on any atom is 0.258 e. The molecule has 0 saturated heterocycles. The van der Waals surface area contributed by atoms with Crippen LogP contribution in [0.4, 0.5) is 5.69 Å². The van der Waals surface area contributed by atoms with E-state index in [1.54, 1.807) is 44.3 Å². The Morgan fingerprint density at radius 3 is 2.59 bits per heavy atom. The van der Waals surface area contributed by atoms with Gasteiger partial charge in [0.25, 0.3) is 5.91 Å². The van der Waals surface area contributed by atoms with Gasteiger partial charge in [-0.15, -0.1) is 6.42 Å². The predicted octanol–water partition coefficient (Wildman–Crippen LogP) is 1.97. The smallest absolute Gasteiger partial charge is 0.258 e. The fourth-order valence-corrected chi connectivity index (χ4v) is 2.01. The van der Waals surface area contributed by atoms with Crippen molar-refractivity contribution in [2.24, 2.45) is 0 Å². The molecule has 0 bridgehead atoms. The number of aromatic amines is 1. The lowest BCUT2D eigenvalue weighted by Gasteiger charge is -2.18. The molecule has 0 aliphatic heterocycles. The summed E-state index contributed by atoms with van der Waals surface area (Å²) in [6, 6.07) is 9.91. The highest BCUT2D eigenvalue weighted by Crippen LogP contribution is 2.20. The predicted molar refractivity (Wildman–Crippen MR) is 85.3 cm³/mol. The molecule has 0 unspecified atom stereocenters. The van der Waals surface area contributed by atoms with E-state index in [0.29, 0.717) is 22.7 Å². The number of hydrogen-bond acceptors (Lipinski definition) is 3. The van der Waals surface area contributed by atoms with Crippen molar-refractivity contribution in [2.45, 2.75) is 6.92 Å². The largest absolute Gasteiger partial charge is 0.481 e. The lowest BCUT2D eigenvalue weighted by Crippen LogP contribution is -2.27. The van der Waals surface area contributed by atoms with E-state index >= 15 is 0 Å². The molecule has 1 heterocycles. The first-order valence-electron chi connectivity index (χ1n) is 6.66. The quantitative estimate of drug-likeness (QED) is 0.877. The highest BCUT2D eigenvalue weighted by Gasteiger charge is 2.14. The number of rotatable bonds is 4. The topological polar surface area (TPSA) is 62.4 Å². The number of aryl methyl sites for hydroxylation is 1. The third-order valence-electron chi connectivity index (χ3n) is 3.08. The third kappa shape index (κ3) is 3.55. The molecule has 1 amide bonds. The van der Waals surface area contributed by atoms with Gasteiger partial charge in [-0.25, -0.2) is 0 Å². The summed E-state index contributed by atoms with van der Waals surface area (Å²) >= 11 is 0. The van der Waals surface area contributed by atoms with E-state index in [1.165, 1.54) is 11.0 Å². The van der Waals surface area contributed by atoms with Crippen molar-refractivity contribution in [1.29, 1.82) is 0 Å². The number of benzene rings is 1. The molecule has 0 atom stereocenters. The number of ether oxygens (including phenoxy) is 1. The number of hydrogen-bond donors (Lipinski definition) is 1. The van der Waals surface area contributed by atoms with Gasteiger partial charge < -0.3 is 14.6 Å². The van der Waals surface area contributed by atoms with Crippen molar-refractivity contribution in [2.75, 3.05) is 18.6 Å². The molecule has 1 aromatic carbocycles. The van der Waals surface area contributed by atoms with Crippen molar-refractivity contribution in [1.82, 2.24) is 4.98 Å². The van der Waals surface area contributed by atoms with Gasteiger partial charge in [0.05, 0.1) is 0 Å². The van der Waals surface area contributed by atoms with Crippen LogP contribution < -0.4 is 15.2 Å². The standard InChI is InChI=1S/C17H16N2O3/c1-4-9-22-15-7-5-14(6-8-15)19(3)17(21)13-10-12(2)18-16(20)11-13/h1,5-8,10-11H,9H2,2-3H3,(H,18,20). The summed E-state index contributed by atoms with van der Waals surface area (Å²) in [5, 5.41) is 0. The van der Waals surface area contributed by atoms with E-state index in [0.717, 1.165) is 0 Å². The van der Waals surface area contributed by atoms with Crippen LogP contribution in [0, 0.1) is 19.3 Å². The van der Waals surface area contributed by atoms with Crippen LogP contribution in [0.5, 0.6) is 5.75 Å². The summed E-state index contributed by atoms with van der Waals surface area (Å²) in [7, 11) is 1.65. The van der Waals surface area contributed by atoms with Crippen LogP contribution in [0.15, 0.2) is 41.2 Å². The first-order chi connectivity index (χ1) is 10.5. The van der Waals surface area contributed by atoms with Crippen LogP contribution >= 0.6 is 0 Å². The zero-order valence-electron chi connectivity index (χ0n) is 12.4. The van der Waals surface area contributed by atoms with Crippen LogP contribution in [-0.2, 0) is 0 Å². The van der Waals surface area contributed by atoms with E-state index in [9.17, 15) is 9.59 Å². The maximum atomic E-state index is 12.4. The number of pyridine rings is 1. The Balaban J connectivity index is 2.20. The molecule has 0 radical (unpaired) electrons. The number of aromatic nitrogens is 1. The molecule has 0 spiro atoms. The van der Waals surface area contributed by atoms with Crippen molar-refractivity contribution >= 4 is 11.6 Å². The number of H-pyrrole nitrogens is 1. The van der Waals surface area contributed by atoms with E-state index in [-0.39, 0.29) is 18.1 Å². The molecule has 0 aliphatic carbocycles. The fourth-order valence-electron chi connectivity index (χ4n) is 2.01. The normalized spacial score (nSPS) is 9.86. The van der Waals surface area contributed by atoms with Gasteiger partial charge in [-0.05, 0) is 37.3 Å². The molecule has 2 aromatic rings. The highest BCUT2D eigenvalue weighted by atomic mass is 16.5. The Kier molecular flexibility index (Phi) is 4.64. The molecule has 0 aliphatic rings. The molecule has 5 nitrogen and oxygen atoms in total. The van der Waals surface area contributed by atoms with Crippen LogP contribution in [-0.4, -0.2) is 24.5 Å². The number of terminal acetylenes is 1. The first kappa shape index (κ1) is 15.4. The van der Waals surface area contributed by atoms with Gasteiger partial charge in [-0.3, -0.25) is 9.59 Å². The summed E-state index contributed by atoms with van der Waals surface area (Å²) in [5.74, 6) is 2.76. The Morgan fingerprint density at radius 2 is 2.00 bits per heavy atom.